The summed E-state index contributed by atoms with van der Waals surface area (Å²) in [6.45, 7) is 4.85. The highest BCUT2D eigenvalue weighted by molar-refractivity contribution is 5.76. The Morgan fingerprint density at radius 2 is 0.904 bits per heavy atom. The minimum Gasteiger partial charge on any atom is -0.466 e. The molecule has 52 heavy (non-hydrogen) atoms. The summed E-state index contributed by atoms with van der Waals surface area (Å²) in [5.41, 5.74) is 0. The van der Waals surface area contributed by atoms with Crippen molar-refractivity contribution in [1.29, 1.82) is 0 Å². The van der Waals surface area contributed by atoms with Crippen LogP contribution in [-0.4, -0.2) is 47.4 Å². The van der Waals surface area contributed by atoms with Crippen LogP contribution in [0.5, 0.6) is 0 Å². The van der Waals surface area contributed by atoms with Crippen molar-refractivity contribution in [1.82, 2.24) is 5.32 Å². The van der Waals surface area contributed by atoms with Crippen molar-refractivity contribution in [3.63, 3.8) is 0 Å². The van der Waals surface area contributed by atoms with Crippen LogP contribution in [0, 0.1) is 0 Å². The van der Waals surface area contributed by atoms with Crippen molar-refractivity contribution in [2.45, 2.75) is 257 Å². The van der Waals surface area contributed by atoms with E-state index in [9.17, 15) is 19.8 Å². The highest BCUT2D eigenvalue weighted by atomic mass is 16.5. The van der Waals surface area contributed by atoms with Crippen LogP contribution in [-0.2, 0) is 14.3 Å². The number of hydrogen-bond acceptors (Lipinski definition) is 5. The maximum absolute atomic E-state index is 12.4. The van der Waals surface area contributed by atoms with E-state index in [2.05, 4.69) is 31.3 Å². The highest BCUT2D eigenvalue weighted by Gasteiger charge is 2.20. The maximum Gasteiger partial charge on any atom is 0.305 e. The van der Waals surface area contributed by atoms with Crippen molar-refractivity contribution < 1.29 is 24.5 Å². The van der Waals surface area contributed by atoms with Gasteiger partial charge >= 0.3 is 5.97 Å². The Hall–Kier alpha value is -1.40. The molecule has 0 aromatic heterocycles. The monoisotopic (exact) mass is 736 g/mol. The van der Waals surface area contributed by atoms with E-state index in [-0.39, 0.29) is 18.5 Å². The molecule has 0 bridgehead atoms. The molecule has 0 spiro atoms. The van der Waals surface area contributed by atoms with Gasteiger partial charge in [-0.3, -0.25) is 9.59 Å². The third kappa shape index (κ3) is 38.3. The molecule has 0 aliphatic rings. The topological polar surface area (TPSA) is 95.9 Å². The minimum atomic E-state index is -0.683. The van der Waals surface area contributed by atoms with Gasteiger partial charge < -0.3 is 20.3 Å². The molecule has 3 N–H and O–H groups in total. The van der Waals surface area contributed by atoms with Gasteiger partial charge in [0.05, 0.1) is 25.4 Å². The zero-order chi connectivity index (χ0) is 38.0. The van der Waals surface area contributed by atoms with Crippen LogP contribution < -0.4 is 5.32 Å². The van der Waals surface area contributed by atoms with Gasteiger partial charge in [-0.1, -0.05) is 193 Å². The van der Waals surface area contributed by atoms with Gasteiger partial charge in [0.15, 0.2) is 0 Å². The summed E-state index contributed by atoms with van der Waals surface area (Å²) in [7, 11) is 0. The molecule has 0 aromatic rings. The van der Waals surface area contributed by atoms with Crippen LogP contribution >= 0.6 is 0 Å². The lowest BCUT2D eigenvalue weighted by molar-refractivity contribution is -0.143. The number of hydrogen-bond donors (Lipinski definition) is 3. The van der Waals surface area contributed by atoms with E-state index in [1.807, 2.05) is 0 Å². The number of esters is 1. The molecule has 0 saturated heterocycles. The molecule has 0 rings (SSSR count). The first-order chi connectivity index (χ1) is 25.5. The molecular weight excluding hydrogens is 647 g/mol. The van der Waals surface area contributed by atoms with Crippen molar-refractivity contribution in [3.05, 3.63) is 12.2 Å². The highest BCUT2D eigenvalue weighted by Crippen LogP contribution is 2.16. The number of allylic oxidation sites excluding steroid dienone is 2. The fourth-order valence-corrected chi connectivity index (χ4v) is 6.98. The third-order valence-electron chi connectivity index (χ3n) is 10.6. The number of amides is 1. The number of unbranched alkanes of at least 4 members (excludes halogenated alkanes) is 29. The quantitative estimate of drug-likeness (QED) is 0.0329. The Morgan fingerprint density at radius 3 is 1.37 bits per heavy atom. The molecule has 2 unspecified atom stereocenters. The van der Waals surface area contributed by atoms with Crippen LogP contribution in [0.1, 0.15) is 245 Å². The summed E-state index contributed by atoms with van der Waals surface area (Å²) in [5, 5.41) is 23.1. The number of ether oxygens (including phenoxy) is 1. The van der Waals surface area contributed by atoms with Crippen LogP contribution in [0.3, 0.4) is 0 Å². The van der Waals surface area contributed by atoms with E-state index in [1.54, 1.807) is 0 Å². The lowest BCUT2D eigenvalue weighted by Gasteiger charge is -2.22. The third-order valence-corrected chi connectivity index (χ3v) is 10.6. The summed E-state index contributed by atoms with van der Waals surface area (Å²) < 4.78 is 5.41. The lowest BCUT2D eigenvalue weighted by atomic mass is 10.0. The first-order valence-electron chi connectivity index (χ1n) is 22.9. The molecule has 6 nitrogen and oxygen atoms in total. The van der Waals surface area contributed by atoms with E-state index >= 15 is 0 Å². The van der Waals surface area contributed by atoms with E-state index < -0.39 is 12.1 Å². The van der Waals surface area contributed by atoms with Gasteiger partial charge in [0.2, 0.25) is 5.91 Å². The SMILES string of the molecule is CCCCCCCCCCCCCCCCC(O)C(CO)NC(=O)CCCCCC/C=C\CCCCOC(=O)CCCCCCCCCCCCC. The molecule has 0 saturated carbocycles. The average molecular weight is 736 g/mol. The maximum atomic E-state index is 12.4. The first kappa shape index (κ1) is 50.6. The fraction of sp³-hybridized carbons (Fsp3) is 0.913. The van der Waals surface area contributed by atoms with Gasteiger partial charge in [-0.15, -0.1) is 0 Å². The number of carbonyl (C=O) groups is 2. The summed E-state index contributed by atoms with van der Waals surface area (Å²) >= 11 is 0. The zero-order valence-electron chi connectivity index (χ0n) is 34.8. The second-order valence-corrected chi connectivity index (χ2v) is 15.7. The summed E-state index contributed by atoms with van der Waals surface area (Å²) in [5.74, 6) is -0.108. The summed E-state index contributed by atoms with van der Waals surface area (Å²) in [6.07, 6.45) is 46.0. The first-order valence-corrected chi connectivity index (χ1v) is 22.9. The molecule has 6 heteroatoms. The Kier molecular flexibility index (Phi) is 41.2. The molecule has 0 aliphatic carbocycles. The molecule has 308 valence electrons. The Balaban J connectivity index is 3.55. The Labute approximate surface area is 323 Å². The van der Waals surface area contributed by atoms with E-state index in [1.165, 1.54) is 135 Å². The second-order valence-electron chi connectivity index (χ2n) is 15.7. The normalized spacial score (nSPS) is 12.8. The van der Waals surface area contributed by atoms with Gasteiger partial charge in [0, 0.05) is 12.8 Å². The lowest BCUT2D eigenvalue weighted by Crippen LogP contribution is -2.45. The van der Waals surface area contributed by atoms with Crippen LogP contribution in [0.15, 0.2) is 12.2 Å². The van der Waals surface area contributed by atoms with Gasteiger partial charge in [-0.2, -0.15) is 0 Å². The van der Waals surface area contributed by atoms with Crippen molar-refractivity contribution in [2.24, 2.45) is 0 Å². The van der Waals surface area contributed by atoms with Gasteiger partial charge in [0.25, 0.3) is 0 Å². The van der Waals surface area contributed by atoms with Crippen LogP contribution in [0.4, 0.5) is 0 Å². The van der Waals surface area contributed by atoms with Crippen LogP contribution in [0.25, 0.3) is 0 Å². The summed E-state index contributed by atoms with van der Waals surface area (Å²) in [4.78, 5) is 24.3. The number of aliphatic hydroxyl groups is 2. The van der Waals surface area contributed by atoms with Crippen molar-refractivity contribution >= 4 is 11.9 Å². The smallest absolute Gasteiger partial charge is 0.305 e. The molecule has 0 fully saturated rings. The molecule has 0 aliphatic heterocycles. The molecule has 1 amide bonds. The predicted octanol–water partition coefficient (Wildman–Crippen LogP) is 13.0. The average Bonchev–Trinajstić information content (AvgIpc) is 3.14. The van der Waals surface area contributed by atoms with E-state index in [0.29, 0.717) is 25.9 Å². The number of nitrogens with one attached hydrogen (secondary N) is 1. The molecule has 2 atom stereocenters. The molecule has 0 aromatic carbocycles. The second kappa shape index (κ2) is 42.3. The van der Waals surface area contributed by atoms with Crippen LogP contribution in [0.2, 0.25) is 0 Å². The van der Waals surface area contributed by atoms with Crippen molar-refractivity contribution in [2.75, 3.05) is 13.2 Å². The minimum absolute atomic E-state index is 0.0369. The largest absolute Gasteiger partial charge is 0.466 e. The van der Waals surface area contributed by atoms with Crippen molar-refractivity contribution in [3.8, 4) is 0 Å². The zero-order valence-corrected chi connectivity index (χ0v) is 34.8. The van der Waals surface area contributed by atoms with E-state index in [0.717, 1.165) is 77.0 Å². The van der Waals surface area contributed by atoms with Gasteiger partial charge in [0.1, 0.15) is 0 Å². The number of rotatable bonds is 42. The Bertz CT molecular complexity index is 772. The van der Waals surface area contributed by atoms with E-state index in [4.69, 9.17) is 4.74 Å². The molecule has 0 radical (unpaired) electrons. The molecular formula is C46H89NO5. The fourth-order valence-electron chi connectivity index (χ4n) is 6.98. The predicted molar refractivity (Wildman–Crippen MR) is 223 cm³/mol. The number of aliphatic hydroxyl groups excluding tert-OH is 2. The van der Waals surface area contributed by atoms with Gasteiger partial charge in [-0.25, -0.2) is 0 Å². The summed E-state index contributed by atoms with van der Waals surface area (Å²) in [6, 6.07) is -0.564. The standard InChI is InChI=1S/C46H89NO5/c1-3-5-7-9-11-13-15-16-17-19-22-26-30-34-38-44(49)43(42-48)47-45(50)39-35-31-27-23-20-21-25-29-33-37-41-52-46(51)40-36-32-28-24-18-14-12-10-8-6-4-2/h21,25,43-44,48-49H,3-20,22-24,26-42H2,1-2H3,(H,47,50)/b25-21-. The Morgan fingerprint density at radius 1 is 0.519 bits per heavy atom. The van der Waals surface area contributed by atoms with Gasteiger partial charge in [-0.05, 0) is 51.4 Å². The number of carbonyl (C=O) groups excluding carboxylic acids is 2. The molecule has 0 heterocycles.